The van der Waals surface area contributed by atoms with Gasteiger partial charge in [0.2, 0.25) is 17.9 Å². The van der Waals surface area contributed by atoms with Gasteiger partial charge in [-0.1, -0.05) is 29.8 Å². The maximum atomic E-state index is 14.9. The van der Waals surface area contributed by atoms with E-state index in [1.807, 2.05) is 18.7 Å². The number of carbonyl (C=O) groups is 1. The SMILES string of the molecule is Cc1ccn(-c2cc(-c3ccc(OC(C)C)c(Cl)c3)ccc2C(Oc2cc(N3CCC4(CC3)CN[C@H](C(=O)O)C4)nc(N)n2)C(F)(F)F)n1. The molecule has 1 spiro atoms. The number of anilines is 2. The summed E-state index contributed by atoms with van der Waals surface area (Å²) >= 11 is 6.48. The van der Waals surface area contributed by atoms with Crippen LogP contribution in [-0.4, -0.2) is 68.8 Å². The Morgan fingerprint density at radius 2 is 1.80 bits per heavy atom. The lowest BCUT2D eigenvalue weighted by Crippen LogP contribution is -2.41. The molecule has 0 bridgehead atoms. The molecule has 1 unspecified atom stereocenters. The summed E-state index contributed by atoms with van der Waals surface area (Å²) in [6.45, 7) is 7.14. The minimum atomic E-state index is -4.86. The van der Waals surface area contributed by atoms with Crippen LogP contribution in [0.1, 0.15) is 50.5 Å². The smallest absolute Gasteiger partial charge is 0.429 e. The maximum Gasteiger partial charge on any atom is 0.429 e. The predicted octanol–water partition coefficient (Wildman–Crippen LogP) is 6.38. The van der Waals surface area contributed by atoms with Gasteiger partial charge >= 0.3 is 12.1 Å². The number of alkyl halides is 3. The highest BCUT2D eigenvalue weighted by Crippen LogP contribution is 2.43. The maximum absolute atomic E-state index is 14.9. The summed E-state index contributed by atoms with van der Waals surface area (Å²) in [6, 6.07) is 12.2. The van der Waals surface area contributed by atoms with Gasteiger partial charge in [-0.2, -0.15) is 28.2 Å². The third-order valence-electron chi connectivity index (χ3n) is 8.96. The second-order valence-corrected chi connectivity index (χ2v) is 13.3. The number of rotatable bonds is 9. The number of aromatic nitrogens is 4. The molecule has 0 amide bonds. The molecule has 2 aromatic heterocycles. The molecule has 4 heterocycles. The Bertz CT molecular complexity index is 1840. The van der Waals surface area contributed by atoms with Crippen molar-refractivity contribution in [2.24, 2.45) is 5.41 Å². The molecule has 0 aliphatic carbocycles. The number of hydrogen-bond donors (Lipinski definition) is 3. The zero-order valence-electron chi connectivity index (χ0n) is 27.2. The number of nitrogens with two attached hydrogens (primary N) is 1. The van der Waals surface area contributed by atoms with E-state index in [1.165, 1.54) is 16.8 Å². The van der Waals surface area contributed by atoms with E-state index in [-0.39, 0.29) is 34.6 Å². The number of hydrogen-bond acceptors (Lipinski definition) is 9. The zero-order valence-corrected chi connectivity index (χ0v) is 27.9. The van der Waals surface area contributed by atoms with Crippen molar-refractivity contribution in [3.8, 4) is 28.4 Å². The van der Waals surface area contributed by atoms with Crippen LogP contribution in [0.15, 0.2) is 54.7 Å². The molecule has 2 aromatic carbocycles. The van der Waals surface area contributed by atoms with E-state index in [9.17, 15) is 23.1 Å². The lowest BCUT2D eigenvalue weighted by atomic mass is 9.76. The van der Waals surface area contributed by atoms with Crippen LogP contribution in [0.3, 0.4) is 0 Å². The molecular formula is C34H37ClF3N7O4. The van der Waals surface area contributed by atoms with E-state index in [4.69, 9.17) is 26.8 Å². The molecule has 260 valence electrons. The van der Waals surface area contributed by atoms with Crippen LogP contribution >= 0.6 is 11.6 Å². The standard InChI is InChI=1S/C34H37ClF3N7O4/c1-19(2)48-27-7-5-21(14-24(27)35)22-4-6-23(26(15-22)45-11-8-20(3)43-45)30(34(36,37)38)49-29-16-28(41-32(39)42-29)44-12-9-33(10-13-44)17-25(31(46)47)40-18-33/h4-8,11,14-16,19,25,30,40H,9-10,12-13,17-18H2,1-3H3,(H,46,47)(H2,39,41,42)/t25-,30?/m0/s1. The minimum absolute atomic E-state index is 0.0899. The van der Waals surface area contributed by atoms with Gasteiger partial charge in [0.25, 0.3) is 0 Å². The van der Waals surface area contributed by atoms with Crippen LogP contribution < -0.4 is 25.4 Å². The molecule has 0 saturated carbocycles. The highest BCUT2D eigenvalue weighted by molar-refractivity contribution is 6.32. The van der Waals surface area contributed by atoms with Crippen LogP contribution in [0.5, 0.6) is 11.6 Å². The van der Waals surface area contributed by atoms with E-state index in [2.05, 4.69) is 20.4 Å². The number of carboxylic acids is 1. The van der Waals surface area contributed by atoms with E-state index in [1.54, 1.807) is 49.5 Å². The molecule has 11 nitrogen and oxygen atoms in total. The summed E-state index contributed by atoms with van der Waals surface area (Å²) in [4.78, 5) is 21.7. The molecule has 15 heteroatoms. The van der Waals surface area contributed by atoms with Gasteiger partial charge in [0.15, 0.2) is 0 Å². The highest BCUT2D eigenvalue weighted by atomic mass is 35.5. The first-order chi connectivity index (χ1) is 23.2. The largest absolute Gasteiger partial charge is 0.489 e. The van der Waals surface area contributed by atoms with Crippen LogP contribution in [0.4, 0.5) is 24.9 Å². The van der Waals surface area contributed by atoms with Gasteiger partial charge in [-0.25, -0.2) is 4.68 Å². The Labute approximate surface area is 286 Å². The summed E-state index contributed by atoms with van der Waals surface area (Å²) in [7, 11) is 0. The molecule has 4 N–H and O–H groups in total. The monoisotopic (exact) mass is 699 g/mol. The number of aliphatic carboxylic acids is 1. The number of nitrogens with zero attached hydrogens (tertiary/aromatic N) is 5. The topological polar surface area (TPSA) is 141 Å². The van der Waals surface area contributed by atoms with Crippen molar-refractivity contribution in [1.29, 1.82) is 0 Å². The summed E-state index contributed by atoms with van der Waals surface area (Å²) in [5, 5.41) is 17.3. The summed E-state index contributed by atoms with van der Waals surface area (Å²) < 4.78 is 57.5. The van der Waals surface area contributed by atoms with Crippen molar-refractivity contribution < 1.29 is 32.5 Å². The number of nitrogens with one attached hydrogen (secondary N) is 1. The van der Waals surface area contributed by atoms with E-state index < -0.39 is 24.3 Å². The molecule has 0 radical (unpaired) electrons. The Hall–Kier alpha value is -4.56. The summed E-state index contributed by atoms with van der Waals surface area (Å²) in [6.07, 6.45) is -3.90. The lowest BCUT2D eigenvalue weighted by molar-refractivity contribution is -0.198. The average Bonchev–Trinajstić information content (AvgIpc) is 3.66. The van der Waals surface area contributed by atoms with Crippen LogP contribution in [0.25, 0.3) is 16.8 Å². The van der Waals surface area contributed by atoms with Crippen molar-refractivity contribution >= 4 is 29.3 Å². The predicted molar refractivity (Wildman–Crippen MR) is 178 cm³/mol. The number of halogens is 4. The molecule has 2 aliphatic rings. The summed E-state index contributed by atoms with van der Waals surface area (Å²) in [5.74, 6) is -0.612. The Kier molecular flexibility index (Phi) is 9.38. The molecule has 2 fully saturated rings. The normalized spacial score (nSPS) is 18.2. The molecule has 4 aromatic rings. The van der Waals surface area contributed by atoms with Crippen LogP contribution in [0.2, 0.25) is 5.02 Å². The van der Waals surface area contributed by atoms with Gasteiger partial charge in [-0.3, -0.25) is 4.79 Å². The third-order valence-corrected chi connectivity index (χ3v) is 9.25. The Morgan fingerprint density at radius 3 is 2.41 bits per heavy atom. The van der Waals surface area contributed by atoms with Gasteiger partial charge in [-0.05, 0) is 80.8 Å². The first kappa shape index (κ1) is 34.3. The first-order valence-corrected chi connectivity index (χ1v) is 16.3. The average molecular weight is 700 g/mol. The van der Waals surface area contributed by atoms with E-state index in [0.29, 0.717) is 72.3 Å². The number of piperidine rings is 1. The fraction of sp³-hybridized carbons (Fsp3) is 0.412. The second kappa shape index (κ2) is 13.4. The number of nitrogen functional groups attached to an aromatic ring is 1. The van der Waals surface area contributed by atoms with Crippen molar-refractivity contribution in [2.45, 2.75) is 64.5 Å². The van der Waals surface area contributed by atoms with E-state index >= 15 is 0 Å². The summed E-state index contributed by atoms with van der Waals surface area (Å²) in [5.41, 5.74) is 7.68. The fourth-order valence-corrected chi connectivity index (χ4v) is 6.71. The number of aryl methyl sites for hydroxylation is 1. The molecule has 2 saturated heterocycles. The Balaban J connectivity index is 1.30. The minimum Gasteiger partial charge on any atom is -0.489 e. The van der Waals surface area contributed by atoms with Crippen LogP contribution in [-0.2, 0) is 4.79 Å². The second-order valence-electron chi connectivity index (χ2n) is 12.9. The molecule has 2 aliphatic heterocycles. The zero-order chi connectivity index (χ0) is 35.1. The van der Waals surface area contributed by atoms with Crippen molar-refractivity contribution in [3.05, 3.63) is 71.0 Å². The van der Waals surface area contributed by atoms with Gasteiger partial charge in [0.1, 0.15) is 17.6 Å². The molecule has 6 rings (SSSR count). The highest BCUT2D eigenvalue weighted by Gasteiger charge is 2.46. The third kappa shape index (κ3) is 7.54. The van der Waals surface area contributed by atoms with Gasteiger partial charge < -0.3 is 30.5 Å². The molecular weight excluding hydrogens is 663 g/mol. The molecule has 49 heavy (non-hydrogen) atoms. The van der Waals surface area contributed by atoms with Gasteiger partial charge in [0, 0.05) is 37.5 Å². The number of ether oxygens (including phenoxy) is 2. The lowest BCUT2D eigenvalue weighted by Gasteiger charge is -2.39. The first-order valence-electron chi connectivity index (χ1n) is 15.9. The van der Waals surface area contributed by atoms with Gasteiger partial charge in [-0.15, -0.1) is 0 Å². The number of carboxylic acid groups (broad SMARTS) is 1. The Morgan fingerprint density at radius 1 is 1.08 bits per heavy atom. The number of benzene rings is 2. The fourth-order valence-electron chi connectivity index (χ4n) is 6.49. The molecule has 2 atom stereocenters. The quantitative estimate of drug-likeness (QED) is 0.180. The van der Waals surface area contributed by atoms with Crippen molar-refractivity contribution in [2.75, 3.05) is 30.3 Å². The van der Waals surface area contributed by atoms with Crippen molar-refractivity contribution in [1.82, 2.24) is 25.1 Å². The van der Waals surface area contributed by atoms with E-state index in [0.717, 1.165) is 0 Å². The van der Waals surface area contributed by atoms with Crippen LogP contribution in [0, 0.1) is 12.3 Å². The van der Waals surface area contributed by atoms with Crippen molar-refractivity contribution in [3.63, 3.8) is 0 Å². The van der Waals surface area contributed by atoms with Gasteiger partial charge in [0.05, 0.1) is 22.5 Å².